The number of aromatic nitrogens is 2. The van der Waals surface area contributed by atoms with Gasteiger partial charge in [-0.25, -0.2) is 20.0 Å². The van der Waals surface area contributed by atoms with Gasteiger partial charge in [-0.2, -0.15) is 0 Å². The van der Waals surface area contributed by atoms with E-state index in [0.717, 1.165) is 5.56 Å². The van der Waals surface area contributed by atoms with Crippen LogP contribution in [0.15, 0.2) is 40.3 Å². The zero-order valence-corrected chi connectivity index (χ0v) is 35.0. The Hall–Kier alpha value is -4.70. The number of hydrogen-bond donors (Lipinski definition) is 4. The van der Waals surface area contributed by atoms with Gasteiger partial charge in [0.15, 0.2) is 12.1 Å². The van der Waals surface area contributed by atoms with Gasteiger partial charge in [0.1, 0.15) is 45.7 Å². The van der Waals surface area contributed by atoms with Gasteiger partial charge >= 0.3 is 0 Å². The number of nitrogens with one attached hydrogen (secondary N) is 4. The first-order valence-corrected chi connectivity index (χ1v) is 21.0. The van der Waals surface area contributed by atoms with Crippen molar-refractivity contribution in [2.45, 2.75) is 130 Å². The van der Waals surface area contributed by atoms with E-state index in [-0.39, 0.29) is 46.8 Å². The fourth-order valence-corrected chi connectivity index (χ4v) is 8.88. The van der Waals surface area contributed by atoms with Crippen molar-refractivity contribution in [2.24, 2.45) is 21.8 Å². The summed E-state index contributed by atoms with van der Waals surface area (Å²) in [5, 5.41) is 13.5. The number of fused-ring (bicyclic) bond motifs is 6. The van der Waals surface area contributed by atoms with Crippen LogP contribution in [0.1, 0.15) is 120 Å². The fraction of sp³-hybridized carbons (Fsp3) is 0.550. The molecule has 0 aliphatic carbocycles. The molecule has 0 fully saturated rings. The number of carbonyl (C=O) groups is 4. The molecule has 3 unspecified atom stereocenters. The maximum absolute atomic E-state index is 14.1. The molecule has 2 aromatic heterocycles. The van der Waals surface area contributed by atoms with Crippen molar-refractivity contribution < 1.29 is 28.7 Å². The number of ether oxygens (including phenoxy) is 2. The van der Waals surface area contributed by atoms with E-state index in [9.17, 15) is 19.2 Å². The number of aliphatic imine (C=N–C) groups is 2. The van der Waals surface area contributed by atoms with Gasteiger partial charge in [0.25, 0.3) is 11.8 Å². The Balaban J connectivity index is 1.40. The van der Waals surface area contributed by atoms with Gasteiger partial charge in [-0.15, -0.1) is 22.7 Å². The van der Waals surface area contributed by atoms with Crippen LogP contribution in [0.3, 0.4) is 0 Å². The number of carbonyl (C=O) groups excluding carboxylic acids is 4. The summed E-state index contributed by atoms with van der Waals surface area (Å²) in [5.74, 6) is -0.904. The van der Waals surface area contributed by atoms with E-state index in [1.165, 1.54) is 22.7 Å². The predicted octanol–water partition coefficient (Wildman–Crippen LogP) is 5.17. The number of benzene rings is 1. The summed E-state index contributed by atoms with van der Waals surface area (Å²) in [6.07, 6.45) is 0.426. The summed E-state index contributed by atoms with van der Waals surface area (Å²) in [4.78, 5) is 76.0. The van der Waals surface area contributed by atoms with E-state index in [2.05, 4.69) is 26.3 Å². The zero-order valence-electron chi connectivity index (χ0n) is 33.3. The van der Waals surface area contributed by atoms with Gasteiger partial charge in [-0.1, -0.05) is 64.4 Å². The summed E-state index contributed by atoms with van der Waals surface area (Å²) in [7, 11) is 0. The highest BCUT2D eigenvalue weighted by Crippen LogP contribution is 2.30. The predicted molar refractivity (Wildman–Crippen MR) is 216 cm³/mol. The molecule has 3 aliphatic rings. The van der Waals surface area contributed by atoms with Crippen LogP contribution in [0, 0.1) is 25.7 Å². The summed E-state index contributed by atoms with van der Waals surface area (Å²) in [6.45, 7) is 17.1. The third kappa shape index (κ3) is 8.96. The molecule has 3 aromatic rings. The lowest BCUT2D eigenvalue weighted by Gasteiger charge is -2.24. The van der Waals surface area contributed by atoms with Crippen LogP contribution in [-0.4, -0.2) is 81.8 Å². The Bertz CT molecular complexity index is 2010. The third-order valence-electron chi connectivity index (χ3n) is 10.3. The van der Waals surface area contributed by atoms with Gasteiger partial charge in [0.05, 0.1) is 12.1 Å². The second-order valence-corrected chi connectivity index (χ2v) is 17.8. The van der Waals surface area contributed by atoms with Crippen LogP contribution in [0.4, 0.5) is 0 Å². The average molecular weight is 805 g/mol. The summed E-state index contributed by atoms with van der Waals surface area (Å²) < 4.78 is 12.4. The topological polar surface area (TPSA) is 185 Å². The van der Waals surface area contributed by atoms with Crippen LogP contribution in [-0.2, 0) is 25.5 Å². The lowest BCUT2D eigenvalue weighted by Crippen LogP contribution is -2.46. The number of amides is 4. The molecule has 3 aliphatic heterocycles. The normalized spacial score (nSPS) is 27.8. The molecule has 4 N–H and O–H groups in total. The minimum Gasteiger partial charge on any atom is -0.474 e. The van der Waals surface area contributed by atoms with E-state index in [1.54, 1.807) is 20.8 Å². The molecular formula is C40H52N8O6S2. The fourth-order valence-electron chi connectivity index (χ4n) is 6.99. The van der Waals surface area contributed by atoms with Crippen LogP contribution < -0.4 is 21.3 Å². The van der Waals surface area contributed by atoms with Gasteiger partial charge in [0.2, 0.25) is 23.6 Å². The molecule has 0 saturated carbocycles. The van der Waals surface area contributed by atoms with Crippen molar-refractivity contribution in [3.05, 3.63) is 67.1 Å². The van der Waals surface area contributed by atoms with Gasteiger partial charge in [-0.3, -0.25) is 19.2 Å². The van der Waals surface area contributed by atoms with Crippen molar-refractivity contribution in [3.63, 3.8) is 0 Å². The zero-order chi connectivity index (χ0) is 40.4. The maximum atomic E-state index is 14.1. The highest BCUT2D eigenvalue weighted by atomic mass is 32.1. The Morgan fingerprint density at radius 2 is 1.27 bits per heavy atom. The number of aryl methyl sites for hydroxylation is 2. The molecule has 5 heterocycles. The molecule has 6 rings (SSSR count). The lowest BCUT2D eigenvalue weighted by molar-refractivity contribution is -0.125. The second kappa shape index (κ2) is 17.2. The largest absolute Gasteiger partial charge is 0.474 e. The van der Waals surface area contributed by atoms with Crippen molar-refractivity contribution in [3.8, 4) is 0 Å². The molecule has 0 radical (unpaired) electrons. The molecule has 14 nitrogen and oxygen atoms in total. The molecule has 9 atom stereocenters. The number of hydrogen-bond acceptors (Lipinski definition) is 12. The van der Waals surface area contributed by atoms with Gasteiger partial charge < -0.3 is 30.7 Å². The number of thiazole rings is 2. The van der Waals surface area contributed by atoms with E-state index in [1.807, 2.05) is 71.9 Å². The molecule has 56 heavy (non-hydrogen) atoms. The minimum absolute atomic E-state index is 0.0863. The van der Waals surface area contributed by atoms with Crippen molar-refractivity contribution >= 4 is 58.1 Å². The van der Waals surface area contributed by atoms with Crippen LogP contribution in [0.25, 0.3) is 0 Å². The van der Waals surface area contributed by atoms with E-state index in [0.29, 0.717) is 39.0 Å². The van der Waals surface area contributed by atoms with Gasteiger partial charge in [0, 0.05) is 9.75 Å². The van der Waals surface area contributed by atoms with Crippen molar-refractivity contribution in [1.29, 1.82) is 0 Å². The molecular weight excluding hydrogens is 753 g/mol. The van der Waals surface area contributed by atoms with Crippen molar-refractivity contribution in [2.75, 3.05) is 0 Å². The van der Waals surface area contributed by atoms with E-state index >= 15 is 0 Å². The molecule has 16 heteroatoms. The standard InChI is InChI=1S/C40H52N8O6S2/c1-10-19(4)28-38-46-30(22(7)54-38)34(50)43-27(17-25-14-12-11-13-15-25)40-48-31(24(9)56-40)35(51)42-26(16-18(2)3)37-45-29(21(6)53-37)33(49)41-20(5)39-47-32(23(8)55-39)36(52)44-28/h11-15,18-22,26-30H,10,16-17H2,1-9H3,(H,41,49)(H,42,51)(H,43,50)(H,44,52)/t19-,20+,21+,22?,26-,27+,28-,29?,30?/m0/s1. The lowest BCUT2D eigenvalue weighted by atomic mass is 9.98. The molecule has 0 saturated heterocycles. The Labute approximate surface area is 335 Å². The summed E-state index contributed by atoms with van der Waals surface area (Å²) in [6, 6.07) is 5.62. The van der Waals surface area contributed by atoms with Crippen LogP contribution in [0.5, 0.6) is 0 Å². The molecule has 300 valence electrons. The average Bonchev–Trinajstić information content (AvgIpc) is 3.94. The molecule has 4 amide bonds. The Morgan fingerprint density at radius 1 is 0.714 bits per heavy atom. The first kappa shape index (κ1) is 40.9. The molecule has 1 aromatic carbocycles. The second-order valence-electron chi connectivity index (χ2n) is 15.4. The monoisotopic (exact) mass is 804 g/mol. The van der Waals surface area contributed by atoms with Gasteiger partial charge in [-0.05, 0) is 64.9 Å². The van der Waals surface area contributed by atoms with E-state index in [4.69, 9.17) is 24.4 Å². The first-order valence-electron chi connectivity index (χ1n) is 19.3. The first-order chi connectivity index (χ1) is 26.6. The smallest absolute Gasteiger partial charge is 0.271 e. The third-order valence-corrected chi connectivity index (χ3v) is 12.6. The minimum atomic E-state index is -0.895. The maximum Gasteiger partial charge on any atom is 0.271 e. The summed E-state index contributed by atoms with van der Waals surface area (Å²) >= 11 is 2.66. The Morgan fingerprint density at radius 3 is 1.89 bits per heavy atom. The highest BCUT2D eigenvalue weighted by molar-refractivity contribution is 7.12. The quantitative estimate of drug-likeness (QED) is 0.263. The van der Waals surface area contributed by atoms with Crippen LogP contribution >= 0.6 is 22.7 Å². The Kier molecular flexibility index (Phi) is 12.6. The highest BCUT2D eigenvalue weighted by Gasteiger charge is 2.41. The number of rotatable bonds is 6. The molecule has 0 spiro atoms. The van der Waals surface area contributed by atoms with Crippen molar-refractivity contribution in [1.82, 2.24) is 31.2 Å². The number of nitrogens with zero attached hydrogens (tertiary/aromatic N) is 4. The molecule has 8 bridgehead atoms. The summed E-state index contributed by atoms with van der Waals surface area (Å²) in [5.41, 5.74) is 1.44. The van der Waals surface area contributed by atoms with E-state index < -0.39 is 60.3 Å². The van der Waals surface area contributed by atoms with Crippen LogP contribution in [0.2, 0.25) is 0 Å². The SMILES string of the molecule is CC[C@H](C)[C@@H]1NC(=O)c2nc(sc2C)[C@@H](C)NC(=O)C2N=C(O[C@@H]2C)[C@H](CC(C)C)NC(=O)c2nc(sc2C)[C@@H](Cc2ccccc2)NC(=O)C2N=C1OC2C.